The summed E-state index contributed by atoms with van der Waals surface area (Å²) in [6, 6.07) is 18.0. The second kappa shape index (κ2) is 8.32. The van der Waals surface area contributed by atoms with E-state index < -0.39 is 0 Å². The van der Waals surface area contributed by atoms with Crippen LogP contribution in [0.2, 0.25) is 10.0 Å². The summed E-state index contributed by atoms with van der Waals surface area (Å²) in [7, 11) is 0. The van der Waals surface area contributed by atoms with Crippen LogP contribution in [0, 0.1) is 13.5 Å². The van der Waals surface area contributed by atoms with Gasteiger partial charge in [-0.25, -0.2) is 4.85 Å². The van der Waals surface area contributed by atoms with Gasteiger partial charge in [0.1, 0.15) is 5.82 Å². The van der Waals surface area contributed by atoms with E-state index in [9.17, 15) is 0 Å². The summed E-state index contributed by atoms with van der Waals surface area (Å²) in [6.45, 7) is 11.5. The van der Waals surface area contributed by atoms with Gasteiger partial charge in [0.2, 0.25) is 5.69 Å². The van der Waals surface area contributed by atoms with Crippen molar-refractivity contribution in [3.63, 3.8) is 0 Å². The van der Waals surface area contributed by atoms with Crippen LogP contribution in [0.15, 0.2) is 60.8 Å². The molecule has 0 radical (unpaired) electrons. The molecular weight excluding hydrogens is 403 g/mol. The third kappa shape index (κ3) is 4.17. The Bertz CT molecular complexity index is 1040. The van der Waals surface area contributed by atoms with Crippen molar-refractivity contribution in [2.45, 2.75) is 13.0 Å². The first-order valence-corrected chi connectivity index (χ1v) is 10.2. The maximum absolute atomic E-state index is 7.12. The Morgan fingerprint density at radius 3 is 2.48 bits per heavy atom. The highest BCUT2D eigenvalue weighted by molar-refractivity contribution is 6.33. The monoisotopic (exact) mass is 422 g/mol. The van der Waals surface area contributed by atoms with E-state index in [2.05, 4.69) is 43.9 Å². The largest absolute Gasteiger partial charge is 0.360 e. The number of benzene rings is 2. The topological polar surface area (TPSA) is 23.7 Å². The van der Waals surface area contributed by atoms with Gasteiger partial charge in [-0.3, -0.25) is 4.98 Å². The SMILES string of the molecule is [C-]#[N+]c1ccc(N2CCN(c3ccc(C)cc3Cl)[C@H](c3ccc(Cl)cc3)C2)nc1. The van der Waals surface area contributed by atoms with Crippen LogP contribution in [0.3, 0.4) is 0 Å². The molecule has 0 N–H and O–H groups in total. The zero-order valence-electron chi connectivity index (χ0n) is 16.0. The molecule has 0 unspecified atom stereocenters. The van der Waals surface area contributed by atoms with Crippen LogP contribution in [0.25, 0.3) is 4.85 Å². The zero-order chi connectivity index (χ0) is 20.4. The highest BCUT2D eigenvalue weighted by Crippen LogP contribution is 2.37. The van der Waals surface area contributed by atoms with Crippen molar-refractivity contribution in [1.82, 2.24) is 4.98 Å². The molecule has 0 spiro atoms. The fourth-order valence-corrected chi connectivity index (χ4v) is 4.20. The van der Waals surface area contributed by atoms with Crippen LogP contribution in [-0.4, -0.2) is 24.6 Å². The number of pyridine rings is 1. The van der Waals surface area contributed by atoms with Crippen molar-refractivity contribution in [1.29, 1.82) is 0 Å². The molecule has 1 atom stereocenters. The summed E-state index contributed by atoms with van der Waals surface area (Å²) in [5, 5.41) is 1.48. The molecule has 1 aliphatic rings. The summed E-state index contributed by atoms with van der Waals surface area (Å²) in [4.78, 5) is 12.5. The van der Waals surface area contributed by atoms with E-state index in [-0.39, 0.29) is 6.04 Å². The number of aryl methyl sites for hydroxylation is 1. The van der Waals surface area contributed by atoms with Crippen molar-refractivity contribution in [3.05, 3.63) is 93.4 Å². The maximum Gasteiger partial charge on any atom is 0.205 e. The second-order valence-corrected chi connectivity index (χ2v) is 7.99. The van der Waals surface area contributed by atoms with Gasteiger partial charge in [-0.05, 0) is 48.4 Å². The first-order valence-electron chi connectivity index (χ1n) is 9.42. The number of rotatable bonds is 3. The van der Waals surface area contributed by atoms with Gasteiger partial charge < -0.3 is 9.80 Å². The minimum atomic E-state index is 0.101. The van der Waals surface area contributed by atoms with Crippen LogP contribution in [-0.2, 0) is 0 Å². The van der Waals surface area contributed by atoms with Crippen LogP contribution >= 0.6 is 23.2 Å². The van der Waals surface area contributed by atoms with Crippen molar-refractivity contribution in [3.8, 4) is 0 Å². The number of aromatic nitrogens is 1. The van der Waals surface area contributed by atoms with E-state index in [0.717, 1.165) is 46.7 Å². The molecule has 1 aliphatic heterocycles. The number of anilines is 2. The summed E-state index contributed by atoms with van der Waals surface area (Å²) in [5.74, 6) is 0.881. The van der Waals surface area contributed by atoms with Gasteiger partial charge in [-0.1, -0.05) is 47.5 Å². The fourth-order valence-electron chi connectivity index (χ4n) is 3.73. The van der Waals surface area contributed by atoms with Crippen LogP contribution < -0.4 is 9.80 Å². The molecule has 4 nitrogen and oxygen atoms in total. The second-order valence-electron chi connectivity index (χ2n) is 7.15. The molecular formula is C23H20Cl2N4. The lowest BCUT2D eigenvalue weighted by Gasteiger charge is -2.44. The minimum Gasteiger partial charge on any atom is -0.360 e. The van der Waals surface area contributed by atoms with Gasteiger partial charge >= 0.3 is 0 Å². The van der Waals surface area contributed by atoms with Crippen molar-refractivity contribution >= 4 is 40.4 Å². The predicted molar refractivity (Wildman–Crippen MR) is 120 cm³/mol. The molecule has 2 aromatic carbocycles. The van der Waals surface area contributed by atoms with Crippen LogP contribution in [0.4, 0.5) is 17.2 Å². The van der Waals surface area contributed by atoms with Gasteiger partial charge in [-0.2, -0.15) is 0 Å². The van der Waals surface area contributed by atoms with Gasteiger partial charge in [0.15, 0.2) is 0 Å². The normalized spacial score (nSPS) is 16.6. The Morgan fingerprint density at radius 2 is 1.83 bits per heavy atom. The molecule has 6 heteroatoms. The minimum absolute atomic E-state index is 0.101. The first kappa shape index (κ1) is 19.6. The average molecular weight is 423 g/mol. The lowest BCUT2D eigenvalue weighted by Crippen LogP contribution is -2.49. The van der Waals surface area contributed by atoms with Crippen molar-refractivity contribution < 1.29 is 0 Å². The molecule has 0 aliphatic carbocycles. The summed E-state index contributed by atoms with van der Waals surface area (Å²) < 4.78 is 0. The number of piperazine rings is 1. The van der Waals surface area contributed by atoms with E-state index in [1.165, 1.54) is 5.56 Å². The molecule has 0 amide bonds. The molecule has 29 heavy (non-hydrogen) atoms. The van der Waals surface area contributed by atoms with Crippen molar-refractivity contribution in [2.75, 3.05) is 29.4 Å². The molecule has 4 rings (SSSR count). The van der Waals surface area contributed by atoms with Crippen LogP contribution in [0.5, 0.6) is 0 Å². The van der Waals surface area contributed by atoms with Gasteiger partial charge in [0.05, 0.1) is 23.3 Å². The molecule has 0 bridgehead atoms. The quantitative estimate of drug-likeness (QED) is 0.461. The molecule has 1 saturated heterocycles. The lowest BCUT2D eigenvalue weighted by molar-refractivity contribution is 0.536. The number of halogens is 2. The molecule has 3 aromatic rings. The van der Waals surface area contributed by atoms with Gasteiger partial charge in [-0.15, -0.1) is 0 Å². The predicted octanol–water partition coefficient (Wildman–Crippen LogP) is 6.32. The van der Waals surface area contributed by atoms with Crippen LogP contribution in [0.1, 0.15) is 17.2 Å². The zero-order valence-corrected chi connectivity index (χ0v) is 17.5. The average Bonchev–Trinajstić information content (AvgIpc) is 2.74. The highest BCUT2D eigenvalue weighted by Gasteiger charge is 2.30. The molecule has 0 saturated carbocycles. The molecule has 1 fully saturated rings. The Hall–Kier alpha value is -2.74. The Kier molecular flexibility index (Phi) is 5.62. The van der Waals surface area contributed by atoms with E-state index >= 15 is 0 Å². The van der Waals surface area contributed by atoms with Crippen molar-refractivity contribution in [2.24, 2.45) is 0 Å². The summed E-state index contributed by atoms with van der Waals surface area (Å²) in [6.07, 6.45) is 1.63. The van der Waals surface area contributed by atoms with E-state index in [1.54, 1.807) is 6.20 Å². The Morgan fingerprint density at radius 1 is 1.03 bits per heavy atom. The highest BCUT2D eigenvalue weighted by atomic mass is 35.5. The molecule has 1 aromatic heterocycles. The Labute approximate surface area is 181 Å². The van der Waals surface area contributed by atoms with Gasteiger partial charge in [0.25, 0.3) is 0 Å². The lowest BCUT2D eigenvalue weighted by atomic mass is 10.0. The van der Waals surface area contributed by atoms with E-state index in [0.29, 0.717) is 5.69 Å². The summed E-state index contributed by atoms with van der Waals surface area (Å²) >= 11 is 12.7. The van der Waals surface area contributed by atoms with E-state index in [4.69, 9.17) is 29.8 Å². The van der Waals surface area contributed by atoms with Gasteiger partial charge in [0, 0.05) is 30.9 Å². The van der Waals surface area contributed by atoms with E-state index in [1.807, 2.05) is 37.3 Å². The number of hydrogen-bond acceptors (Lipinski definition) is 3. The summed E-state index contributed by atoms with van der Waals surface area (Å²) in [5.41, 5.74) is 3.90. The first-order chi connectivity index (χ1) is 14.0. The fraction of sp³-hybridized carbons (Fsp3) is 0.217. The number of hydrogen-bond donors (Lipinski definition) is 0. The third-order valence-electron chi connectivity index (χ3n) is 5.23. The Balaban J connectivity index is 1.69. The third-order valence-corrected chi connectivity index (χ3v) is 5.79. The molecule has 146 valence electrons. The molecule has 2 heterocycles. The standard InChI is InChI=1S/C23H20Cl2N4/c1-16-3-9-21(20(25)13-16)29-12-11-28(23-10-8-19(26-2)14-27-23)15-22(29)17-4-6-18(24)7-5-17/h3-10,13-14,22H,11-12,15H2,1H3/t22-/m0/s1. The maximum atomic E-state index is 7.12. The number of nitrogens with zero attached hydrogens (tertiary/aromatic N) is 4. The smallest absolute Gasteiger partial charge is 0.205 e.